The monoisotopic (exact) mass is 389 g/mol. The fraction of sp³-hybridized carbons (Fsp3) is 0.227. The summed E-state index contributed by atoms with van der Waals surface area (Å²) >= 11 is 0. The normalized spacial score (nSPS) is 13.8. The Balaban J connectivity index is 1.33. The number of nitrogens with zero attached hydrogens (tertiary/aromatic N) is 4. The second kappa shape index (κ2) is 8.60. The number of nitrogens with one attached hydrogen (secondary N) is 1. The largest absolute Gasteiger partial charge is 0.424 e. The van der Waals surface area contributed by atoms with E-state index in [4.69, 9.17) is 4.74 Å². The quantitative estimate of drug-likeness (QED) is 0.732. The number of ether oxygens (including phenoxy) is 1. The summed E-state index contributed by atoms with van der Waals surface area (Å²) < 4.78 is 5.62. The minimum atomic E-state index is -0.109. The van der Waals surface area contributed by atoms with Gasteiger partial charge in [-0.05, 0) is 42.8 Å². The van der Waals surface area contributed by atoms with Gasteiger partial charge in [-0.3, -0.25) is 0 Å². The average Bonchev–Trinajstić information content (AvgIpc) is 2.75. The number of hydrogen-bond donors (Lipinski definition) is 1. The molecule has 7 nitrogen and oxygen atoms in total. The summed E-state index contributed by atoms with van der Waals surface area (Å²) in [4.78, 5) is 24.9. The minimum Gasteiger partial charge on any atom is -0.424 e. The maximum atomic E-state index is 12.7. The van der Waals surface area contributed by atoms with Gasteiger partial charge in [0.15, 0.2) is 0 Å². The van der Waals surface area contributed by atoms with Crippen LogP contribution in [0.25, 0.3) is 0 Å². The number of aryl methyl sites for hydroxylation is 1. The average molecular weight is 389 g/mol. The van der Waals surface area contributed by atoms with Gasteiger partial charge in [-0.2, -0.15) is 0 Å². The number of carbonyl (C=O) groups excluding carboxylic acids is 1. The number of aromatic nitrogens is 2. The van der Waals surface area contributed by atoms with Crippen LogP contribution < -0.4 is 15.0 Å². The van der Waals surface area contributed by atoms with E-state index in [9.17, 15) is 4.79 Å². The van der Waals surface area contributed by atoms with Crippen molar-refractivity contribution >= 4 is 17.4 Å². The fourth-order valence-electron chi connectivity index (χ4n) is 3.28. The lowest BCUT2D eigenvalue weighted by molar-refractivity contribution is 0.208. The fourth-order valence-corrected chi connectivity index (χ4v) is 3.28. The zero-order chi connectivity index (χ0) is 20.1. The number of urea groups is 1. The first-order valence-corrected chi connectivity index (χ1v) is 9.60. The number of amides is 2. The smallest absolute Gasteiger partial charge is 0.321 e. The molecule has 1 fully saturated rings. The Labute approximate surface area is 170 Å². The lowest BCUT2D eigenvalue weighted by Crippen LogP contribution is -2.50. The first kappa shape index (κ1) is 18.7. The maximum Gasteiger partial charge on any atom is 0.321 e. The topological polar surface area (TPSA) is 70.6 Å². The SMILES string of the molecule is Cc1cccc(N2CCN(C(=O)Nc3cccc(Oc4ncccn4)c3)CC2)c1. The van der Waals surface area contributed by atoms with Crippen molar-refractivity contribution in [3.05, 3.63) is 72.6 Å². The molecular weight excluding hydrogens is 366 g/mol. The highest BCUT2D eigenvalue weighted by Gasteiger charge is 2.21. The van der Waals surface area contributed by atoms with Crippen LogP contribution in [0.2, 0.25) is 0 Å². The standard InChI is InChI=1S/C22H23N5O2/c1-17-5-2-7-19(15-17)26-11-13-27(14-12-26)22(28)25-18-6-3-8-20(16-18)29-21-23-9-4-10-24-21/h2-10,15-16H,11-14H2,1H3,(H,25,28). The van der Waals surface area contributed by atoms with Gasteiger partial charge >= 0.3 is 12.0 Å². The van der Waals surface area contributed by atoms with Crippen molar-refractivity contribution in [1.82, 2.24) is 14.9 Å². The molecule has 0 radical (unpaired) electrons. The van der Waals surface area contributed by atoms with Crippen molar-refractivity contribution in [1.29, 1.82) is 0 Å². The Hall–Kier alpha value is -3.61. The van der Waals surface area contributed by atoms with Crippen LogP contribution in [0.5, 0.6) is 11.8 Å². The van der Waals surface area contributed by atoms with Crippen molar-refractivity contribution in [2.45, 2.75) is 6.92 Å². The Morgan fingerprint density at radius 3 is 2.48 bits per heavy atom. The molecule has 2 aromatic carbocycles. The van der Waals surface area contributed by atoms with E-state index in [0.29, 0.717) is 24.5 Å². The van der Waals surface area contributed by atoms with Crippen molar-refractivity contribution in [2.75, 3.05) is 36.4 Å². The van der Waals surface area contributed by atoms with Gasteiger partial charge in [0.25, 0.3) is 0 Å². The molecule has 3 aromatic rings. The molecule has 0 atom stereocenters. The van der Waals surface area contributed by atoms with Crippen LogP contribution >= 0.6 is 0 Å². The third kappa shape index (κ3) is 4.82. The van der Waals surface area contributed by atoms with Crippen LogP contribution in [0.3, 0.4) is 0 Å². The molecule has 0 unspecified atom stereocenters. The predicted molar refractivity (Wildman–Crippen MR) is 113 cm³/mol. The number of anilines is 2. The molecule has 1 aliphatic heterocycles. The minimum absolute atomic E-state index is 0.109. The summed E-state index contributed by atoms with van der Waals surface area (Å²) in [7, 11) is 0. The van der Waals surface area contributed by atoms with Crippen LogP contribution in [0.15, 0.2) is 67.0 Å². The second-order valence-corrected chi connectivity index (χ2v) is 6.90. The van der Waals surface area contributed by atoms with Crippen LogP contribution in [-0.4, -0.2) is 47.1 Å². The van der Waals surface area contributed by atoms with E-state index in [1.165, 1.54) is 11.3 Å². The summed E-state index contributed by atoms with van der Waals surface area (Å²) in [6, 6.07) is 17.6. The van der Waals surface area contributed by atoms with E-state index < -0.39 is 0 Å². The highest BCUT2D eigenvalue weighted by Crippen LogP contribution is 2.22. The lowest BCUT2D eigenvalue weighted by atomic mass is 10.2. The first-order valence-electron chi connectivity index (χ1n) is 9.60. The molecule has 0 aliphatic carbocycles. The van der Waals surface area contributed by atoms with Gasteiger partial charge in [-0.15, -0.1) is 0 Å². The van der Waals surface area contributed by atoms with E-state index in [-0.39, 0.29) is 12.0 Å². The molecule has 4 rings (SSSR count). The molecule has 2 heterocycles. The summed E-state index contributed by atoms with van der Waals surface area (Å²) in [6.45, 7) is 5.06. The van der Waals surface area contributed by atoms with Gasteiger partial charge in [0, 0.05) is 56.0 Å². The van der Waals surface area contributed by atoms with Gasteiger partial charge in [0.05, 0.1) is 0 Å². The van der Waals surface area contributed by atoms with Gasteiger partial charge in [0.1, 0.15) is 5.75 Å². The van der Waals surface area contributed by atoms with E-state index in [1.807, 2.05) is 17.0 Å². The van der Waals surface area contributed by atoms with Crippen molar-refractivity contribution in [3.63, 3.8) is 0 Å². The van der Waals surface area contributed by atoms with E-state index in [2.05, 4.69) is 51.4 Å². The zero-order valence-electron chi connectivity index (χ0n) is 16.3. The van der Waals surface area contributed by atoms with E-state index >= 15 is 0 Å². The number of carbonyl (C=O) groups is 1. The molecule has 7 heteroatoms. The molecule has 1 aromatic heterocycles. The molecule has 148 valence electrons. The molecule has 0 spiro atoms. The maximum absolute atomic E-state index is 12.7. The Morgan fingerprint density at radius 2 is 1.72 bits per heavy atom. The van der Waals surface area contributed by atoms with Gasteiger partial charge in [-0.25, -0.2) is 14.8 Å². The summed E-state index contributed by atoms with van der Waals surface area (Å²) in [5, 5.41) is 2.95. The predicted octanol–water partition coefficient (Wildman–Crippen LogP) is 3.93. The molecule has 1 N–H and O–H groups in total. The second-order valence-electron chi connectivity index (χ2n) is 6.90. The molecule has 29 heavy (non-hydrogen) atoms. The van der Waals surface area contributed by atoms with Crippen LogP contribution in [0, 0.1) is 6.92 Å². The third-order valence-corrected chi connectivity index (χ3v) is 4.77. The summed E-state index contributed by atoms with van der Waals surface area (Å²) in [5.41, 5.74) is 3.12. The lowest BCUT2D eigenvalue weighted by Gasteiger charge is -2.36. The third-order valence-electron chi connectivity index (χ3n) is 4.77. The highest BCUT2D eigenvalue weighted by molar-refractivity contribution is 5.89. The molecule has 0 saturated carbocycles. The highest BCUT2D eigenvalue weighted by atomic mass is 16.5. The molecule has 1 aliphatic rings. The summed E-state index contributed by atoms with van der Waals surface area (Å²) in [5.74, 6) is 0.568. The Bertz CT molecular complexity index is 972. The van der Waals surface area contributed by atoms with Crippen molar-refractivity contribution in [3.8, 4) is 11.8 Å². The van der Waals surface area contributed by atoms with Crippen molar-refractivity contribution in [2.24, 2.45) is 0 Å². The van der Waals surface area contributed by atoms with E-state index in [1.54, 1.807) is 30.6 Å². The number of hydrogen-bond acceptors (Lipinski definition) is 5. The molecule has 2 amide bonds. The molecular formula is C22H23N5O2. The summed E-state index contributed by atoms with van der Waals surface area (Å²) in [6.07, 6.45) is 3.23. The number of piperazine rings is 1. The number of rotatable bonds is 4. The van der Waals surface area contributed by atoms with Crippen LogP contribution in [0.1, 0.15) is 5.56 Å². The zero-order valence-corrected chi connectivity index (χ0v) is 16.3. The van der Waals surface area contributed by atoms with E-state index in [0.717, 1.165) is 13.1 Å². The van der Waals surface area contributed by atoms with Crippen LogP contribution in [0.4, 0.5) is 16.2 Å². The molecule has 1 saturated heterocycles. The van der Waals surface area contributed by atoms with Gasteiger partial charge in [-0.1, -0.05) is 18.2 Å². The molecule has 0 bridgehead atoms. The van der Waals surface area contributed by atoms with Gasteiger partial charge < -0.3 is 19.9 Å². The van der Waals surface area contributed by atoms with Crippen LogP contribution in [-0.2, 0) is 0 Å². The van der Waals surface area contributed by atoms with Gasteiger partial charge in [0.2, 0.25) is 0 Å². The first-order chi connectivity index (χ1) is 14.2. The van der Waals surface area contributed by atoms with Crippen molar-refractivity contribution < 1.29 is 9.53 Å². The Kier molecular flexibility index (Phi) is 5.56. The number of benzene rings is 2. The Morgan fingerprint density at radius 1 is 0.966 bits per heavy atom.